The van der Waals surface area contributed by atoms with E-state index >= 15 is 0 Å². The van der Waals surface area contributed by atoms with E-state index in [0.717, 1.165) is 11.1 Å². The molecule has 9 nitrogen and oxygen atoms in total. The molecule has 33 heavy (non-hydrogen) atoms. The number of fused-ring (bicyclic) bond motifs is 2. The van der Waals surface area contributed by atoms with Gasteiger partial charge in [0.1, 0.15) is 23.1 Å². The summed E-state index contributed by atoms with van der Waals surface area (Å²) in [6.45, 7) is 5.39. The van der Waals surface area contributed by atoms with Gasteiger partial charge in [0.25, 0.3) is 5.91 Å². The first kappa shape index (κ1) is 22.4. The van der Waals surface area contributed by atoms with Crippen molar-refractivity contribution in [3.05, 3.63) is 53.1 Å². The molecule has 2 aliphatic heterocycles. The number of carbonyl (C=O) groups excluding carboxylic acids is 3. The molecule has 2 aliphatic rings. The summed E-state index contributed by atoms with van der Waals surface area (Å²) in [6.07, 6.45) is -1.28. The molecule has 0 radical (unpaired) electrons. The van der Waals surface area contributed by atoms with Gasteiger partial charge in [-0.25, -0.2) is 9.59 Å². The molecule has 2 aromatic carbocycles. The summed E-state index contributed by atoms with van der Waals surface area (Å²) in [5.74, 6) is -0.348. The summed E-state index contributed by atoms with van der Waals surface area (Å²) in [6, 6.07) is 8.89. The van der Waals surface area contributed by atoms with Gasteiger partial charge in [0, 0.05) is 12.0 Å². The number of nitrogens with zero attached hydrogens (tertiary/aromatic N) is 1. The molecule has 2 heterocycles. The van der Waals surface area contributed by atoms with E-state index in [1.165, 1.54) is 24.1 Å². The van der Waals surface area contributed by atoms with Crippen LogP contribution < -0.4 is 10.1 Å². The number of phenolic OH excluding ortho intramolecular Hbond substituents is 1. The van der Waals surface area contributed by atoms with Crippen molar-refractivity contribution in [2.45, 2.75) is 51.5 Å². The van der Waals surface area contributed by atoms with Crippen molar-refractivity contribution in [3.8, 4) is 11.5 Å². The molecule has 2 N–H and O–H groups in total. The van der Waals surface area contributed by atoms with E-state index < -0.39 is 29.8 Å². The predicted octanol–water partition coefficient (Wildman–Crippen LogP) is 3.30. The summed E-state index contributed by atoms with van der Waals surface area (Å²) in [5, 5.41) is 12.4. The van der Waals surface area contributed by atoms with Gasteiger partial charge in [-0.15, -0.1) is 0 Å². The average molecular weight is 454 g/mol. The minimum Gasteiger partial charge on any atom is -0.508 e. The topological polar surface area (TPSA) is 114 Å². The molecule has 2 atom stereocenters. The van der Waals surface area contributed by atoms with E-state index in [-0.39, 0.29) is 24.6 Å². The Bertz CT molecular complexity index is 1110. The summed E-state index contributed by atoms with van der Waals surface area (Å²) in [4.78, 5) is 39.3. The van der Waals surface area contributed by atoms with Crippen LogP contribution in [-0.4, -0.2) is 46.7 Å². The van der Waals surface area contributed by atoms with E-state index in [2.05, 4.69) is 5.32 Å². The molecular weight excluding hydrogens is 428 g/mol. The molecule has 2 amide bonds. The number of phenols is 1. The molecule has 0 unspecified atom stereocenters. The number of rotatable bonds is 2. The number of benzene rings is 2. The Balaban J connectivity index is 1.65. The van der Waals surface area contributed by atoms with Crippen molar-refractivity contribution in [2.24, 2.45) is 0 Å². The van der Waals surface area contributed by atoms with Crippen molar-refractivity contribution >= 4 is 23.7 Å². The maximum absolute atomic E-state index is 12.8. The number of anilines is 1. The van der Waals surface area contributed by atoms with E-state index in [4.69, 9.17) is 14.2 Å². The normalized spacial score (nSPS) is 19.5. The SMILES string of the molecule is COC(=O)[C@@H]1Cc2cc3c(cc2CN1C(=O)OC(C)(C)C)O[C@H](c1ccc(O)cc1)C(=O)N3. The maximum atomic E-state index is 12.8. The second kappa shape index (κ2) is 8.31. The number of carbonyl (C=O) groups is 3. The minimum absolute atomic E-state index is 0.0897. The van der Waals surface area contributed by atoms with E-state index in [1.54, 1.807) is 45.0 Å². The molecule has 2 aromatic rings. The fourth-order valence-corrected chi connectivity index (χ4v) is 3.92. The first-order valence-electron chi connectivity index (χ1n) is 10.6. The number of methoxy groups -OCH3 is 1. The molecule has 0 spiro atoms. The summed E-state index contributed by atoms with van der Waals surface area (Å²) in [7, 11) is 1.27. The molecular formula is C24H26N2O7. The Morgan fingerprint density at radius 1 is 1.15 bits per heavy atom. The molecule has 0 aromatic heterocycles. The lowest BCUT2D eigenvalue weighted by Gasteiger charge is -2.37. The number of ether oxygens (including phenoxy) is 3. The molecule has 174 valence electrons. The monoisotopic (exact) mass is 454 g/mol. The third-order valence-corrected chi connectivity index (χ3v) is 5.47. The van der Waals surface area contributed by atoms with Gasteiger partial charge in [-0.2, -0.15) is 0 Å². The van der Waals surface area contributed by atoms with Crippen LogP contribution in [0, 0.1) is 0 Å². The number of hydrogen-bond acceptors (Lipinski definition) is 7. The average Bonchev–Trinajstić information content (AvgIpc) is 2.75. The van der Waals surface area contributed by atoms with Gasteiger partial charge in [-0.3, -0.25) is 9.69 Å². The number of nitrogens with one attached hydrogen (secondary N) is 1. The molecule has 4 rings (SSSR count). The van der Waals surface area contributed by atoms with E-state index in [0.29, 0.717) is 17.0 Å². The van der Waals surface area contributed by atoms with Crippen molar-refractivity contribution < 1.29 is 33.7 Å². The lowest BCUT2D eigenvalue weighted by Crippen LogP contribution is -2.50. The smallest absolute Gasteiger partial charge is 0.411 e. The number of amides is 2. The van der Waals surface area contributed by atoms with Crippen LogP contribution in [0.25, 0.3) is 0 Å². The van der Waals surface area contributed by atoms with Crippen LogP contribution in [0.5, 0.6) is 11.5 Å². The van der Waals surface area contributed by atoms with Crippen LogP contribution in [-0.2, 0) is 32.0 Å². The zero-order valence-electron chi connectivity index (χ0n) is 18.9. The highest BCUT2D eigenvalue weighted by molar-refractivity contribution is 5.98. The summed E-state index contributed by atoms with van der Waals surface area (Å²) < 4.78 is 16.4. The van der Waals surface area contributed by atoms with Gasteiger partial charge < -0.3 is 24.6 Å². The molecule has 0 bridgehead atoms. The van der Waals surface area contributed by atoms with Gasteiger partial charge in [-0.05, 0) is 56.2 Å². The Morgan fingerprint density at radius 3 is 2.48 bits per heavy atom. The minimum atomic E-state index is -0.885. The predicted molar refractivity (Wildman–Crippen MR) is 118 cm³/mol. The standard InChI is InChI=1S/C24H26N2O7/c1-24(2,3)33-23(30)26-12-15-11-19-17(9-14(15)10-18(26)22(29)31-4)25-21(28)20(32-19)13-5-7-16(27)8-6-13/h5-9,11,18,20,27H,10,12H2,1-4H3,(H,25,28)/t18-,20+/m0/s1. The van der Waals surface area contributed by atoms with Crippen molar-refractivity contribution in [3.63, 3.8) is 0 Å². The number of hydrogen-bond donors (Lipinski definition) is 2. The molecule has 0 aliphatic carbocycles. The lowest BCUT2D eigenvalue weighted by atomic mass is 9.92. The van der Waals surface area contributed by atoms with Crippen molar-refractivity contribution in [1.29, 1.82) is 0 Å². The van der Waals surface area contributed by atoms with Crippen LogP contribution in [0.2, 0.25) is 0 Å². The Labute approximate surface area is 191 Å². The molecule has 9 heteroatoms. The van der Waals surface area contributed by atoms with Crippen LogP contribution in [0.15, 0.2) is 36.4 Å². The van der Waals surface area contributed by atoms with Gasteiger partial charge in [-0.1, -0.05) is 12.1 Å². The van der Waals surface area contributed by atoms with E-state index in [9.17, 15) is 19.5 Å². The summed E-state index contributed by atoms with van der Waals surface area (Å²) in [5.41, 5.74) is 1.94. The van der Waals surface area contributed by atoms with E-state index in [1.807, 2.05) is 0 Å². The van der Waals surface area contributed by atoms with Crippen molar-refractivity contribution in [1.82, 2.24) is 4.90 Å². The zero-order chi connectivity index (χ0) is 23.9. The van der Waals surface area contributed by atoms with Gasteiger partial charge in [0.2, 0.25) is 6.10 Å². The number of aromatic hydroxyl groups is 1. The van der Waals surface area contributed by atoms with Crippen LogP contribution in [0.4, 0.5) is 10.5 Å². The van der Waals surface area contributed by atoms with Crippen LogP contribution >= 0.6 is 0 Å². The highest BCUT2D eigenvalue weighted by Gasteiger charge is 2.39. The fraction of sp³-hybridized carbons (Fsp3) is 0.375. The molecule has 0 fully saturated rings. The van der Waals surface area contributed by atoms with Gasteiger partial charge in [0.05, 0.1) is 19.3 Å². The lowest BCUT2D eigenvalue weighted by molar-refractivity contribution is -0.147. The quantitative estimate of drug-likeness (QED) is 0.669. The highest BCUT2D eigenvalue weighted by Crippen LogP contribution is 2.39. The number of esters is 1. The summed E-state index contributed by atoms with van der Waals surface area (Å²) >= 11 is 0. The van der Waals surface area contributed by atoms with Crippen molar-refractivity contribution in [2.75, 3.05) is 12.4 Å². The van der Waals surface area contributed by atoms with Crippen LogP contribution in [0.3, 0.4) is 0 Å². The van der Waals surface area contributed by atoms with Gasteiger partial charge in [0.15, 0.2) is 0 Å². The van der Waals surface area contributed by atoms with Crippen LogP contribution in [0.1, 0.15) is 43.6 Å². The third kappa shape index (κ3) is 4.57. The Hall–Kier alpha value is -3.75. The second-order valence-corrected chi connectivity index (χ2v) is 9.05. The zero-order valence-corrected chi connectivity index (χ0v) is 18.9. The Morgan fingerprint density at radius 2 is 1.85 bits per heavy atom. The van der Waals surface area contributed by atoms with Gasteiger partial charge >= 0.3 is 12.1 Å². The largest absolute Gasteiger partial charge is 0.508 e. The molecule has 0 saturated heterocycles. The fourth-order valence-electron chi connectivity index (χ4n) is 3.92. The first-order valence-corrected chi connectivity index (χ1v) is 10.6. The highest BCUT2D eigenvalue weighted by atomic mass is 16.6. The maximum Gasteiger partial charge on any atom is 0.411 e. The Kier molecular flexibility index (Phi) is 5.65. The first-order chi connectivity index (χ1) is 15.6. The third-order valence-electron chi connectivity index (χ3n) is 5.47. The second-order valence-electron chi connectivity index (χ2n) is 9.05. The molecule has 0 saturated carbocycles.